The molecule has 2 aromatic rings. The van der Waals surface area contributed by atoms with Crippen LogP contribution in [0.5, 0.6) is 5.88 Å². The van der Waals surface area contributed by atoms with Crippen molar-refractivity contribution in [2.45, 2.75) is 43.8 Å². The summed E-state index contributed by atoms with van der Waals surface area (Å²) < 4.78 is 91.5. The summed E-state index contributed by atoms with van der Waals surface area (Å²) in [6.07, 6.45) is -10.4. The number of nitrogens with zero attached hydrogens (tertiary/aromatic N) is 2. The number of halogens is 6. The maximum Gasteiger partial charge on any atom is 0.433 e. The number of primary amides is 1. The minimum Gasteiger partial charge on any atom is -0.481 e. The summed E-state index contributed by atoms with van der Waals surface area (Å²) in [5.41, 5.74) is 0.602. The van der Waals surface area contributed by atoms with Gasteiger partial charge in [0, 0.05) is 29.3 Å². The van der Waals surface area contributed by atoms with Crippen LogP contribution in [0.25, 0.3) is 0 Å². The van der Waals surface area contributed by atoms with Crippen molar-refractivity contribution < 1.29 is 45.4 Å². The Morgan fingerprint density at radius 3 is 2.37 bits per heavy atom. The molecule has 0 spiro atoms. The summed E-state index contributed by atoms with van der Waals surface area (Å²) in [7, 11) is 1.01. The molecule has 190 valence electrons. The number of hydrogen-bond acceptors (Lipinski definition) is 6. The lowest BCUT2D eigenvalue weighted by molar-refractivity contribution is -0.272. The third-order valence-corrected chi connectivity index (χ3v) is 5.94. The molecule has 2 amide bonds. The number of carbonyl (C=O) groups is 2. The number of anilines is 1. The van der Waals surface area contributed by atoms with Crippen molar-refractivity contribution in [2.24, 2.45) is 11.7 Å². The van der Waals surface area contributed by atoms with E-state index in [0.29, 0.717) is 6.07 Å². The number of nitrogens with one attached hydrogen (secondary N) is 1. The first-order valence-corrected chi connectivity index (χ1v) is 10.0. The summed E-state index contributed by atoms with van der Waals surface area (Å²) in [5, 5.41) is 2.34. The predicted molar refractivity (Wildman–Crippen MR) is 108 cm³/mol. The largest absolute Gasteiger partial charge is 0.481 e. The van der Waals surface area contributed by atoms with E-state index in [1.807, 2.05) is 0 Å². The van der Waals surface area contributed by atoms with Crippen LogP contribution >= 0.6 is 0 Å². The van der Waals surface area contributed by atoms with Crippen molar-refractivity contribution in [1.82, 2.24) is 9.97 Å². The number of ether oxygens (including phenoxy) is 2. The molecule has 2 aromatic heterocycles. The summed E-state index contributed by atoms with van der Waals surface area (Å²) in [6, 6.07) is 3.88. The molecule has 0 aliphatic carbocycles. The average Bonchev–Trinajstić information content (AvgIpc) is 3.04. The van der Waals surface area contributed by atoms with Crippen LogP contribution in [-0.4, -0.2) is 46.8 Å². The predicted octanol–water partition coefficient (Wildman–Crippen LogP) is 3.68. The Bertz CT molecular complexity index is 1140. The third-order valence-electron chi connectivity index (χ3n) is 5.94. The Morgan fingerprint density at radius 2 is 1.83 bits per heavy atom. The summed E-state index contributed by atoms with van der Waals surface area (Å²) >= 11 is 0. The molecule has 1 aliphatic rings. The molecule has 0 aromatic carbocycles. The smallest absolute Gasteiger partial charge is 0.433 e. The number of alkyl halides is 6. The second-order valence-corrected chi connectivity index (χ2v) is 8.03. The van der Waals surface area contributed by atoms with Crippen LogP contribution < -0.4 is 15.8 Å². The van der Waals surface area contributed by atoms with Crippen molar-refractivity contribution in [2.75, 3.05) is 12.4 Å². The van der Waals surface area contributed by atoms with E-state index in [0.717, 1.165) is 32.4 Å². The van der Waals surface area contributed by atoms with Crippen LogP contribution in [0.1, 0.15) is 41.5 Å². The van der Waals surface area contributed by atoms with E-state index >= 15 is 0 Å². The van der Waals surface area contributed by atoms with E-state index in [2.05, 4.69) is 15.3 Å². The summed E-state index contributed by atoms with van der Waals surface area (Å²) in [6.45, 7) is 1.92. The second kappa shape index (κ2) is 8.98. The number of amides is 2. The Labute approximate surface area is 194 Å². The molecule has 3 N–H and O–H groups in total. The highest BCUT2D eigenvalue weighted by molar-refractivity contribution is 5.97. The van der Waals surface area contributed by atoms with Crippen LogP contribution in [0.2, 0.25) is 0 Å². The molecule has 1 saturated heterocycles. The zero-order chi connectivity index (χ0) is 26.3. The van der Waals surface area contributed by atoms with Crippen molar-refractivity contribution in [3.05, 3.63) is 47.4 Å². The lowest BCUT2D eigenvalue weighted by Gasteiger charge is -2.31. The maximum absolute atomic E-state index is 14.0. The fourth-order valence-corrected chi connectivity index (χ4v) is 3.91. The lowest BCUT2D eigenvalue weighted by Crippen LogP contribution is -2.47. The zero-order valence-corrected chi connectivity index (χ0v) is 18.5. The van der Waals surface area contributed by atoms with Gasteiger partial charge < -0.3 is 20.5 Å². The van der Waals surface area contributed by atoms with Gasteiger partial charge in [0.1, 0.15) is 17.5 Å². The Kier molecular flexibility index (Phi) is 6.72. The van der Waals surface area contributed by atoms with Crippen LogP contribution in [0, 0.1) is 5.92 Å². The molecule has 3 rings (SSSR count). The van der Waals surface area contributed by atoms with Gasteiger partial charge in [0.15, 0.2) is 5.60 Å². The molecule has 14 heteroatoms. The van der Waals surface area contributed by atoms with E-state index in [9.17, 15) is 35.9 Å². The monoisotopic (exact) mass is 506 g/mol. The van der Waals surface area contributed by atoms with Gasteiger partial charge in [-0.05, 0) is 25.1 Å². The van der Waals surface area contributed by atoms with Crippen LogP contribution in [0.4, 0.5) is 32.0 Å². The standard InChI is InChI=1S/C21H20F6N4O4/c1-9-14(11-4-5-13(20(22,23)24)31-18(11)34-3)15(35-19(9,2)21(25,26)27)17(33)30-10-6-7-29-12(8-10)16(28)32/h4-9,14-15H,1-3H3,(H2,28,32)(H,29,30,33). The van der Waals surface area contributed by atoms with Gasteiger partial charge in [0.05, 0.1) is 7.11 Å². The molecule has 8 nitrogen and oxygen atoms in total. The molecule has 0 bridgehead atoms. The van der Waals surface area contributed by atoms with E-state index in [1.54, 1.807) is 0 Å². The van der Waals surface area contributed by atoms with Gasteiger partial charge >= 0.3 is 12.4 Å². The van der Waals surface area contributed by atoms with Gasteiger partial charge in [0.25, 0.3) is 11.8 Å². The van der Waals surface area contributed by atoms with Crippen molar-refractivity contribution in [1.29, 1.82) is 0 Å². The van der Waals surface area contributed by atoms with Gasteiger partial charge in [-0.2, -0.15) is 26.3 Å². The SMILES string of the molecule is COc1nc(C(F)(F)F)ccc1C1C(C(=O)Nc2ccnc(C(N)=O)c2)OC(C)(C(F)(F)F)C1C. The quantitative estimate of drug-likeness (QED) is 0.598. The van der Waals surface area contributed by atoms with E-state index in [1.165, 1.54) is 13.0 Å². The number of hydrogen-bond donors (Lipinski definition) is 2. The number of carbonyl (C=O) groups excluding carboxylic acids is 2. The molecule has 4 atom stereocenters. The molecule has 0 radical (unpaired) electrons. The fourth-order valence-electron chi connectivity index (χ4n) is 3.91. The lowest BCUT2D eigenvalue weighted by atomic mass is 9.77. The molecule has 1 aliphatic heterocycles. The zero-order valence-electron chi connectivity index (χ0n) is 18.5. The van der Waals surface area contributed by atoms with Gasteiger partial charge in [-0.3, -0.25) is 14.6 Å². The number of rotatable bonds is 5. The number of methoxy groups -OCH3 is 1. The average molecular weight is 506 g/mol. The highest BCUT2D eigenvalue weighted by Gasteiger charge is 2.66. The molecular weight excluding hydrogens is 486 g/mol. The van der Waals surface area contributed by atoms with Crippen LogP contribution in [0.3, 0.4) is 0 Å². The topological polar surface area (TPSA) is 116 Å². The fraction of sp³-hybridized carbons (Fsp3) is 0.429. The highest BCUT2D eigenvalue weighted by atomic mass is 19.4. The molecule has 3 heterocycles. The third kappa shape index (κ3) is 4.88. The normalized spacial score (nSPS) is 24.8. The first-order chi connectivity index (χ1) is 16.1. The first kappa shape index (κ1) is 26.2. The van der Waals surface area contributed by atoms with Gasteiger partial charge in [-0.25, -0.2) is 4.98 Å². The molecule has 4 unspecified atom stereocenters. The Balaban J connectivity index is 2.07. The summed E-state index contributed by atoms with van der Waals surface area (Å²) in [5.74, 6) is -5.38. The molecule has 1 fully saturated rings. The van der Waals surface area contributed by atoms with Crippen LogP contribution in [-0.2, 0) is 15.7 Å². The molecular formula is C21H20F6N4O4. The Hall–Kier alpha value is -3.42. The number of pyridine rings is 2. The Morgan fingerprint density at radius 1 is 1.17 bits per heavy atom. The van der Waals surface area contributed by atoms with Crippen molar-refractivity contribution >= 4 is 17.5 Å². The van der Waals surface area contributed by atoms with Gasteiger partial charge in [-0.15, -0.1) is 0 Å². The van der Waals surface area contributed by atoms with Crippen molar-refractivity contribution in [3.63, 3.8) is 0 Å². The molecule has 35 heavy (non-hydrogen) atoms. The highest BCUT2D eigenvalue weighted by Crippen LogP contribution is 2.54. The van der Waals surface area contributed by atoms with Crippen molar-refractivity contribution in [3.8, 4) is 5.88 Å². The van der Waals surface area contributed by atoms with E-state index in [-0.39, 0.29) is 16.9 Å². The minimum atomic E-state index is -4.93. The molecule has 0 saturated carbocycles. The minimum absolute atomic E-state index is 0.00748. The van der Waals surface area contributed by atoms with E-state index < -0.39 is 59.3 Å². The summed E-state index contributed by atoms with van der Waals surface area (Å²) in [4.78, 5) is 31.5. The second-order valence-electron chi connectivity index (χ2n) is 8.03. The number of nitrogens with two attached hydrogens (primary N) is 1. The van der Waals surface area contributed by atoms with Gasteiger partial charge in [0.2, 0.25) is 5.88 Å². The first-order valence-electron chi connectivity index (χ1n) is 10.0. The van der Waals surface area contributed by atoms with Gasteiger partial charge in [-0.1, -0.05) is 13.0 Å². The van der Waals surface area contributed by atoms with Crippen LogP contribution in [0.15, 0.2) is 30.5 Å². The number of aromatic nitrogens is 2. The maximum atomic E-state index is 14.0. The van der Waals surface area contributed by atoms with E-state index in [4.69, 9.17) is 15.2 Å².